The molecule has 0 spiro atoms. The SMILES string of the molecule is CCC1(c2ccc(F)cc2)NC(=O)N(CCOc2ccc(F)cc2)C1=O. The quantitative estimate of drug-likeness (QED) is 0.805. The van der Waals surface area contributed by atoms with Crippen molar-refractivity contribution in [2.45, 2.75) is 18.9 Å². The number of urea groups is 1. The maximum Gasteiger partial charge on any atom is 0.325 e. The van der Waals surface area contributed by atoms with E-state index in [1.807, 2.05) is 0 Å². The zero-order valence-electron chi connectivity index (χ0n) is 14.2. The maximum atomic E-state index is 13.2. The van der Waals surface area contributed by atoms with Crippen molar-refractivity contribution in [2.24, 2.45) is 0 Å². The summed E-state index contributed by atoms with van der Waals surface area (Å²) < 4.78 is 31.5. The minimum Gasteiger partial charge on any atom is -0.492 e. The first-order chi connectivity index (χ1) is 12.5. The number of amides is 3. The summed E-state index contributed by atoms with van der Waals surface area (Å²) >= 11 is 0. The molecule has 1 saturated heterocycles. The smallest absolute Gasteiger partial charge is 0.325 e. The molecule has 2 aromatic rings. The standard InChI is InChI=1S/C19H18F2N2O3/c1-2-19(13-3-5-14(20)6-4-13)17(24)23(18(25)22-19)11-12-26-16-9-7-15(21)8-10-16/h3-10H,2,11-12H2,1H3,(H,22,25). The van der Waals surface area contributed by atoms with Gasteiger partial charge in [0.15, 0.2) is 0 Å². The van der Waals surface area contributed by atoms with Crippen LogP contribution in [0.4, 0.5) is 13.6 Å². The van der Waals surface area contributed by atoms with Gasteiger partial charge in [-0.25, -0.2) is 13.6 Å². The van der Waals surface area contributed by atoms with Gasteiger partial charge in [-0.15, -0.1) is 0 Å². The van der Waals surface area contributed by atoms with Crippen LogP contribution in [0.3, 0.4) is 0 Å². The lowest BCUT2D eigenvalue weighted by atomic mass is 9.87. The van der Waals surface area contributed by atoms with Crippen LogP contribution in [-0.2, 0) is 10.3 Å². The first-order valence-corrected chi connectivity index (χ1v) is 8.25. The third kappa shape index (κ3) is 3.24. The summed E-state index contributed by atoms with van der Waals surface area (Å²) in [6.45, 7) is 1.90. The Morgan fingerprint density at radius 2 is 1.58 bits per heavy atom. The molecule has 3 rings (SSSR count). The molecular weight excluding hydrogens is 342 g/mol. The normalized spacial score (nSPS) is 19.6. The highest BCUT2D eigenvalue weighted by atomic mass is 19.1. The Hall–Kier alpha value is -2.96. The molecule has 0 aliphatic carbocycles. The summed E-state index contributed by atoms with van der Waals surface area (Å²) in [6, 6.07) is 10.4. The van der Waals surface area contributed by atoms with Gasteiger partial charge in [0.1, 0.15) is 29.5 Å². The van der Waals surface area contributed by atoms with Gasteiger partial charge in [-0.2, -0.15) is 0 Å². The molecule has 2 aromatic carbocycles. The largest absolute Gasteiger partial charge is 0.492 e. The third-order valence-electron chi connectivity index (χ3n) is 4.44. The van der Waals surface area contributed by atoms with Gasteiger partial charge in [0, 0.05) is 0 Å². The van der Waals surface area contributed by atoms with E-state index in [1.54, 1.807) is 6.92 Å². The second-order valence-corrected chi connectivity index (χ2v) is 5.96. The molecule has 1 aliphatic heterocycles. The van der Waals surface area contributed by atoms with E-state index in [2.05, 4.69) is 5.32 Å². The van der Waals surface area contributed by atoms with Gasteiger partial charge in [0.05, 0.1) is 6.54 Å². The number of ether oxygens (including phenoxy) is 1. The minimum atomic E-state index is -1.21. The molecule has 5 nitrogen and oxygen atoms in total. The number of hydrogen-bond donors (Lipinski definition) is 1. The highest BCUT2D eigenvalue weighted by Gasteiger charge is 2.51. The monoisotopic (exact) mass is 360 g/mol. The van der Waals surface area contributed by atoms with Gasteiger partial charge in [0.25, 0.3) is 5.91 Å². The van der Waals surface area contributed by atoms with Crippen molar-refractivity contribution in [3.05, 3.63) is 65.7 Å². The molecule has 0 bridgehead atoms. The van der Waals surface area contributed by atoms with Crippen molar-refractivity contribution in [1.29, 1.82) is 0 Å². The molecule has 1 atom stereocenters. The zero-order valence-corrected chi connectivity index (χ0v) is 14.2. The molecule has 0 radical (unpaired) electrons. The van der Waals surface area contributed by atoms with E-state index in [4.69, 9.17) is 4.74 Å². The lowest BCUT2D eigenvalue weighted by Gasteiger charge is -2.25. The van der Waals surface area contributed by atoms with E-state index < -0.39 is 23.3 Å². The van der Waals surface area contributed by atoms with Gasteiger partial charge in [0.2, 0.25) is 0 Å². The van der Waals surface area contributed by atoms with E-state index in [1.165, 1.54) is 48.5 Å². The highest BCUT2D eigenvalue weighted by Crippen LogP contribution is 2.32. The average Bonchev–Trinajstić information content (AvgIpc) is 2.89. The second-order valence-electron chi connectivity index (χ2n) is 5.96. The molecule has 3 amide bonds. The summed E-state index contributed by atoms with van der Waals surface area (Å²) in [7, 11) is 0. The molecular formula is C19H18F2N2O3. The number of benzene rings is 2. The lowest BCUT2D eigenvalue weighted by Crippen LogP contribution is -2.43. The van der Waals surface area contributed by atoms with E-state index in [0.717, 1.165) is 4.90 Å². The number of halogens is 2. The Morgan fingerprint density at radius 3 is 2.15 bits per heavy atom. The lowest BCUT2D eigenvalue weighted by molar-refractivity contribution is -0.132. The number of carbonyl (C=O) groups is 2. The van der Waals surface area contributed by atoms with Crippen LogP contribution in [0, 0.1) is 11.6 Å². The Kier molecular flexibility index (Phi) is 4.88. The van der Waals surface area contributed by atoms with Crippen LogP contribution in [0.1, 0.15) is 18.9 Å². The number of rotatable bonds is 6. The number of nitrogens with one attached hydrogen (secondary N) is 1. The Balaban J connectivity index is 1.71. The average molecular weight is 360 g/mol. The molecule has 136 valence electrons. The molecule has 0 saturated carbocycles. The van der Waals surface area contributed by atoms with Crippen molar-refractivity contribution in [2.75, 3.05) is 13.2 Å². The number of carbonyl (C=O) groups excluding carboxylic acids is 2. The van der Waals surface area contributed by atoms with Crippen molar-refractivity contribution in [3.63, 3.8) is 0 Å². The summed E-state index contributed by atoms with van der Waals surface area (Å²) in [5.41, 5.74) is -0.678. The predicted molar refractivity (Wildman–Crippen MR) is 90.5 cm³/mol. The van der Waals surface area contributed by atoms with Crippen LogP contribution in [0.5, 0.6) is 5.75 Å². The third-order valence-corrected chi connectivity index (χ3v) is 4.44. The summed E-state index contributed by atoms with van der Waals surface area (Å²) in [6.07, 6.45) is 0.332. The van der Waals surface area contributed by atoms with Crippen molar-refractivity contribution < 1.29 is 23.1 Å². The van der Waals surface area contributed by atoms with E-state index >= 15 is 0 Å². The first kappa shape index (κ1) is 17.8. The van der Waals surface area contributed by atoms with Crippen LogP contribution in [0.25, 0.3) is 0 Å². The fraction of sp³-hybridized carbons (Fsp3) is 0.263. The molecule has 1 fully saturated rings. The molecule has 26 heavy (non-hydrogen) atoms. The molecule has 1 N–H and O–H groups in total. The van der Waals surface area contributed by atoms with Crippen molar-refractivity contribution in [1.82, 2.24) is 10.2 Å². The van der Waals surface area contributed by atoms with Gasteiger partial charge < -0.3 is 10.1 Å². The first-order valence-electron chi connectivity index (χ1n) is 8.25. The second kappa shape index (κ2) is 7.11. The molecule has 7 heteroatoms. The Bertz CT molecular complexity index is 809. The maximum absolute atomic E-state index is 13.2. The van der Waals surface area contributed by atoms with Crippen LogP contribution in [-0.4, -0.2) is 30.0 Å². The van der Waals surface area contributed by atoms with Crippen LogP contribution in [0.15, 0.2) is 48.5 Å². The number of hydrogen-bond acceptors (Lipinski definition) is 3. The van der Waals surface area contributed by atoms with Crippen LogP contribution in [0.2, 0.25) is 0 Å². The van der Waals surface area contributed by atoms with E-state index in [9.17, 15) is 18.4 Å². The van der Waals surface area contributed by atoms with Crippen LogP contribution >= 0.6 is 0 Å². The number of nitrogens with zero attached hydrogens (tertiary/aromatic N) is 1. The Labute approximate surface area is 149 Å². The minimum absolute atomic E-state index is 0.0466. The highest BCUT2D eigenvalue weighted by molar-refractivity contribution is 6.07. The zero-order chi connectivity index (χ0) is 18.7. The molecule has 1 aliphatic rings. The summed E-state index contributed by atoms with van der Waals surface area (Å²) in [4.78, 5) is 26.3. The fourth-order valence-electron chi connectivity index (χ4n) is 2.99. The van der Waals surface area contributed by atoms with Gasteiger partial charge >= 0.3 is 6.03 Å². The van der Waals surface area contributed by atoms with Gasteiger partial charge in [-0.05, 0) is 48.4 Å². The van der Waals surface area contributed by atoms with Crippen molar-refractivity contribution >= 4 is 11.9 Å². The van der Waals surface area contributed by atoms with Crippen LogP contribution < -0.4 is 10.1 Å². The summed E-state index contributed by atoms with van der Waals surface area (Å²) in [5, 5.41) is 2.72. The topological polar surface area (TPSA) is 58.6 Å². The number of imide groups is 1. The Morgan fingerprint density at radius 1 is 1.00 bits per heavy atom. The van der Waals surface area contributed by atoms with E-state index in [-0.39, 0.29) is 19.0 Å². The van der Waals surface area contributed by atoms with E-state index in [0.29, 0.717) is 17.7 Å². The predicted octanol–water partition coefficient (Wildman–Crippen LogP) is 3.20. The van der Waals surface area contributed by atoms with Crippen molar-refractivity contribution in [3.8, 4) is 5.75 Å². The molecule has 0 aromatic heterocycles. The summed E-state index contributed by atoms with van der Waals surface area (Å²) in [5.74, 6) is -0.752. The van der Waals surface area contributed by atoms with Gasteiger partial charge in [-0.3, -0.25) is 9.69 Å². The van der Waals surface area contributed by atoms with Gasteiger partial charge in [-0.1, -0.05) is 19.1 Å². The fourth-order valence-corrected chi connectivity index (χ4v) is 2.99. The molecule has 1 unspecified atom stereocenters. The molecule has 1 heterocycles.